The second-order valence-corrected chi connectivity index (χ2v) is 4.50. The van der Waals surface area contributed by atoms with Gasteiger partial charge in [0.1, 0.15) is 0 Å². The lowest BCUT2D eigenvalue weighted by molar-refractivity contribution is 1.37. The molecule has 1 aromatic heterocycles. The van der Waals surface area contributed by atoms with Crippen LogP contribution in [0.3, 0.4) is 0 Å². The molecule has 3 rings (SSSR count). The van der Waals surface area contributed by atoms with E-state index >= 15 is 0 Å². The smallest absolute Gasteiger partial charge is 0.0991 e. The first-order valence-electron chi connectivity index (χ1n) is 6.39. The van der Waals surface area contributed by atoms with Crippen molar-refractivity contribution >= 4 is 23.1 Å². The Kier molecular flexibility index (Phi) is 3.26. The first kappa shape index (κ1) is 12.1. The van der Waals surface area contributed by atoms with E-state index in [9.17, 15) is 0 Å². The summed E-state index contributed by atoms with van der Waals surface area (Å²) in [7, 11) is 0. The van der Waals surface area contributed by atoms with Crippen molar-refractivity contribution in [1.29, 1.82) is 5.26 Å². The average Bonchev–Trinajstić information content (AvgIpc) is 2.53. The summed E-state index contributed by atoms with van der Waals surface area (Å²) < 4.78 is 0. The van der Waals surface area contributed by atoms with Crippen LogP contribution in [0, 0.1) is 11.3 Å². The molecule has 20 heavy (non-hydrogen) atoms. The summed E-state index contributed by atoms with van der Waals surface area (Å²) in [5.74, 6) is 0. The molecule has 0 amide bonds. The zero-order valence-electron chi connectivity index (χ0n) is 10.8. The van der Waals surface area contributed by atoms with Crippen molar-refractivity contribution in [3.63, 3.8) is 0 Å². The molecule has 0 unspecified atom stereocenters. The largest absolute Gasteiger partial charge is 0.248 e. The number of nitrogens with zero attached hydrogens (tertiary/aromatic N) is 2. The van der Waals surface area contributed by atoms with Gasteiger partial charge in [-0.1, -0.05) is 42.5 Å². The lowest BCUT2D eigenvalue weighted by atomic mass is 10.1. The van der Waals surface area contributed by atoms with Crippen LogP contribution in [-0.4, -0.2) is 4.98 Å². The normalized spacial score (nSPS) is 10.8. The number of nitriles is 1. The average molecular weight is 256 g/mol. The molecule has 2 aromatic carbocycles. The molecule has 1 heterocycles. The molecule has 0 spiro atoms. The quantitative estimate of drug-likeness (QED) is 0.686. The van der Waals surface area contributed by atoms with Crippen LogP contribution in [0.25, 0.3) is 23.1 Å². The van der Waals surface area contributed by atoms with E-state index in [2.05, 4.69) is 23.2 Å². The van der Waals surface area contributed by atoms with E-state index in [-0.39, 0.29) is 0 Å². The fraction of sp³-hybridized carbons (Fsp3) is 0. The number of fused-ring (bicyclic) bond motifs is 1. The number of hydrogen-bond acceptors (Lipinski definition) is 2. The van der Waals surface area contributed by atoms with Gasteiger partial charge >= 0.3 is 0 Å². The third-order valence-corrected chi connectivity index (χ3v) is 3.11. The topological polar surface area (TPSA) is 36.7 Å². The number of rotatable bonds is 2. The Balaban J connectivity index is 1.88. The maximum Gasteiger partial charge on any atom is 0.0991 e. The molecule has 0 aliphatic heterocycles. The molecular formula is C18H12N2. The third-order valence-electron chi connectivity index (χ3n) is 3.11. The summed E-state index contributed by atoms with van der Waals surface area (Å²) in [6.07, 6.45) is 3.98. The van der Waals surface area contributed by atoms with Crippen molar-refractivity contribution in [2.45, 2.75) is 0 Å². The van der Waals surface area contributed by atoms with Gasteiger partial charge in [0.05, 0.1) is 22.8 Å². The number of benzene rings is 2. The minimum absolute atomic E-state index is 0.672. The minimum Gasteiger partial charge on any atom is -0.248 e. The highest BCUT2D eigenvalue weighted by atomic mass is 14.7. The molecule has 94 valence electrons. The highest BCUT2D eigenvalue weighted by molar-refractivity contribution is 5.80. The van der Waals surface area contributed by atoms with Crippen molar-refractivity contribution in [3.8, 4) is 6.07 Å². The second-order valence-electron chi connectivity index (χ2n) is 4.50. The Hall–Kier alpha value is -2.92. The van der Waals surface area contributed by atoms with Gasteiger partial charge in [-0.2, -0.15) is 5.26 Å². The Morgan fingerprint density at radius 3 is 2.45 bits per heavy atom. The molecule has 0 aliphatic carbocycles. The zero-order valence-corrected chi connectivity index (χ0v) is 10.8. The van der Waals surface area contributed by atoms with E-state index in [1.54, 1.807) is 0 Å². The summed E-state index contributed by atoms with van der Waals surface area (Å²) in [6, 6.07) is 21.7. The monoisotopic (exact) mass is 256 g/mol. The molecule has 0 aliphatic rings. The summed E-state index contributed by atoms with van der Waals surface area (Å²) in [5.41, 5.74) is 3.65. The van der Waals surface area contributed by atoms with Gasteiger partial charge in [0.2, 0.25) is 0 Å². The molecule has 0 bridgehead atoms. The minimum atomic E-state index is 0.672. The molecule has 0 atom stereocenters. The van der Waals surface area contributed by atoms with Crippen LogP contribution in [0.2, 0.25) is 0 Å². The predicted octanol–water partition coefficient (Wildman–Crippen LogP) is 4.28. The molecule has 3 aromatic rings. The molecule has 0 N–H and O–H groups in total. The van der Waals surface area contributed by atoms with Gasteiger partial charge in [-0.3, -0.25) is 0 Å². The van der Waals surface area contributed by atoms with Crippen LogP contribution in [0.5, 0.6) is 0 Å². The summed E-state index contributed by atoms with van der Waals surface area (Å²) in [5, 5.41) is 9.90. The number of hydrogen-bond donors (Lipinski definition) is 0. The predicted molar refractivity (Wildman–Crippen MR) is 81.8 cm³/mol. The van der Waals surface area contributed by atoms with Gasteiger partial charge in [0, 0.05) is 5.39 Å². The van der Waals surface area contributed by atoms with Crippen LogP contribution >= 0.6 is 0 Å². The fourth-order valence-corrected chi connectivity index (χ4v) is 2.02. The lowest BCUT2D eigenvalue weighted by Crippen LogP contribution is -1.82. The highest BCUT2D eigenvalue weighted by Crippen LogP contribution is 2.14. The number of aromatic nitrogens is 1. The highest BCUT2D eigenvalue weighted by Gasteiger charge is 1.95. The van der Waals surface area contributed by atoms with Gasteiger partial charge in [-0.05, 0) is 35.9 Å². The molecule has 0 saturated carbocycles. The summed E-state index contributed by atoms with van der Waals surface area (Å²) in [6.45, 7) is 0. The fourth-order valence-electron chi connectivity index (χ4n) is 2.02. The maximum absolute atomic E-state index is 8.76. The molecule has 0 radical (unpaired) electrons. The van der Waals surface area contributed by atoms with E-state index < -0.39 is 0 Å². The van der Waals surface area contributed by atoms with Gasteiger partial charge in [-0.15, -0.1) is 0 Å². The van der Waals surface area contributed by atoms with Crippen LogP contribution in [0.15, 0.2) is 60.7 Å². The Morgan fingerprint density at radius 2 is 1.65 bits per heavy atom. The Morgan fingerprint density at radius 1 is 0.850 bits per heavy atom. The molecular weight excluding hydrogens is 244 g/mol. The SMILES string of the molecule is N#Cc1ccc(/C=C/c2ccc3ccccc3n2)cc1. The number of pyridine rings is 1. The first-order valence-corrected chi connectivity index (χ1v) is 6.39. The van der Waals surface area contributed by atoms with Gasteiger partial charge < -0.3 is 0 Å². The van der Waals surface area contributed by atoms with Crippen molar-refractivity contribution in [2.75, 3.05) is 0 Å². The van der Waals surface area contributed by atoms with Crippen molar-refractivity contribution in [3.05, 3.63) is 77.5 Å². The molecule has 2 heteroatoms. The summed E-state index contributed by atoms with van der Waals surface area (Å²) in [4.78, 5) is 4.58. The zero-order chi connectivity index (χ0) is 13.8. The maximum atomic E-state index is 8.76. The Labute approximate surface area is 117 Å². The Bertz CT molecular complexity index is 809. The molecule has 0 saturated heterocycles. The van der Waals surface area contributed by atoms with Crippen LogP contribution in [-0.2, 0) is 0 Å². The van der Waals surface area contributed by atoms with E-state index in [1.165, 1.54) is 0 Å². The van der Waals surface area contributed by atoms with Crippen molar-refractivity contribution < 1.29 is 0 Å². The summed E-state index contributed by atoms with van der Waals surface area (Å²) >= 11 is 0. The van der Waals surface area contributed by atoms with Crippen LogP contribution in [0.1, 0.15) is 16.8 Å². The third kappa shape index (κ3) is 2.57. The van der Waals surface area contributed by atoms with Crippen LogP contribution in [0.4, 0.5) is 0 Å². The van der Waals surface area contributed by atoms with E-state index in [1.807, 2.05) is 60.7 Å². The van der Waals surface area contributed by atoms with Gasteiger partial charge in [0.25, 0.3) is 0 Å². The number of para-hydroxylation sites is 1. The standard InChI is InChI=1S/C18H12N2/c19-13-15-7-5-14(6-8-15)9-11-17-12-10-16-3-1-2-4-18(16)20-17/h1-12H/b11-9+. The van der Waals surface area contributed by atoms with Crippen LogP contribution < -0.4 is 0 Å². The van der Waals surface area contributed by atoms with Gasteiger partial charge in [0.15, 0.2) is 0 Å². The molecule has 2 nitrogen and oxygen atoms in total. The van der Waals surface area contributed by atoms with Gasteiger partial charge in [-0.25, -0.2) is 4.98 Å². The van der Waals surface area contributed by atoms with Crippen molar-refractivity contribution in [1.82, 2.24) is 4.98 Å². The second kappa shape index (κ2) is 5.38. The molecule has 0 fully saturated rings. The lowest BCUT2D eigenvalue weighted by Gasteiger charge is -1.98. The van der Waals surface area contributed by atoms with Crippen molar-refractivity contribution in [2.24, 2.45) is 0 Å². The van der Waals surface area contributed by atoms with E-state index in [0.717, 1.165) is 22.2 Å². The van der Waals surface area contributed by atoms with E-state index in [0.29, 0.717) is 5.56 Å². The first-order chi connectivity index (χ1) is 9.85. The van der Waals surface area contributed by atoms with E-state index in [4.69, 9.17) is 5.26 Å².